The molecule has 0 saturated heterocycles. The number of hydrogen-bond donors (Lipinski definition) is 3. The largest absolute Gasteiger partial charge is 0.331 e. The third-order valence-electron chi connectivity index (χ3n) is 3.27. The topological polar surface area (TPSA) is 96.0 Å². The van der Waals surface area contributed by atoms with Crippen molar-refractivity contribution >= 4 is 46.3 Å². The van der Waals surface area contributed by atoms with Gasteiger partial charge in [-0.1, -0.05) is 41.1 Å². The molecule has 0 unspecified atom stereocenters. The molecule has 0 radical (unpaired) electrons. The summed E-state index contributed by atoms with van der Waals surface area (Å²) in [5.74, 6) is -0.951. The van der Waals surface area contributed by atoms with Gasteiger partial charge in [0.2, 0.25) is 5.01 Å². The molecule has 0 atom stereocenters. The zero-order valence-corrected chi connectivity index (χ0v) is 15.3. The van der Waals surface area contributed by atoms with Crippen LogP contribution in [0.2, 0.25) is 5.02 Å². The van der Waals surface area contributed by atoms with E-state index < -0.39 is 11.8 Å². The first-order valence-corrected chi connectivity index (χ1v) is 8.89. The molecule has 0 aliphatic rings. The fourth-order valence-electron chi connectivity index (χ4n) is 2.03. The Bertz CT molecular complexity index is 967. The number of rotatable bonds is 5. The Kier molecular flexibility index (Phi) is 5.94. The van der Waals surface area contributed by atoms with Crippen LogP contribution in [0, 0.1) is 5.82 Å². The molecule has 2 aromatic carbocycles. The van der Waals surface area contributed by atoms with E-state index in [0.717, 1.165) is 17.4 Å². The van der Waals surface area contributed by atoms with Crippen LogP contribution in [0.5, 0.6) is 0 Å². The minimum absolute atomic E-state index is 0.0804. The Morgan fingerprint density at radius 1 is 1.04 bits per heavy atom. The van der Waals surface area contributed by atoms with Crippen LogP contribution in [-0.2, 0) is 6.54 Å². The van der Waals surface area contributed by atoms with Gasteiger partial charge in [-0.05, 0) is 30.3 Å². The van der Waals surface area contributed by atoms with Gasteiger partial charge >= 0.3 is 6.03 Å². The predicted octanol–water partition coefficient (Wildman–Crippen LogP) is 3.90. The summed E-state index contributed by atoms with van der Waals surface area (Å²) in [6.45, 7) is 0.0804. The van der Waals surface area contributed by atoms with Crippen LogP contribution in [0.4, 0.5) is 20.6 Å². The second kappa shape index (κ2) is 8.56. The van der Waals surface area contributed by atoms with Gasteiger partial charge < -0.3 is 16.0 Å². The molecular formula is C17H13ClFN5O2S. The van der Waals surface area contributed by atoms with E-state index in [2.05, 4.69) is 26.1 Å². The summed E-state index contributed by atoms with van der Waals surface area (Å²) in [5, 5.41) is 16.0. The fourth-order valence-corrected chi connectivity index (χ4v) is 2.88. The third kappa shape index (κ3) is 5.22. The minimum atomic E-state index is -0.571. The van der Waals surface area contributed by atoms with Gasteiger partial charge in [0.25, 0.3) is 5.91 Å². The summed E-state index contributed by atoms with van der Waals surface area (Å²) >= 11 is 6.72. The smallest absolute Gasteiger partial charge is 0.319 e. The average molecular weight is 406 g/mol. The molecule has 3 N–H and O–H groups in total. The second-order valence-electron chi connectivity index (χ2n) is 5.26. The van der Waals surface area contributed by atoms with Crippen LogP contribution in [0.3, 0.4) is 0 Å². The predicted molar refractivity (Wildman–Crippen MR) is 102 cm³/mol. The van der Waals surface area contributed by atoms with E-state index in [0.29, 0.717) is 16.4 Å². The Morgan fingerprint density at radius 3 is 2.56 bits per heavy atom. The van der Waals surface area contributed by atoms with Crippen molar-refractivity contribution in [2.45, 2.75) is 6.54 Å². The lowest BCUT2D eigenvalue weighted by molar-refractivity contribution is 0.102. The number of urea groups is 1. The van der Waals surface area contributed by atoms with Crippen molar-refractivity contribution in [1.29, 1.82) is 0 Å². The maximum Gasteiger partial charge on any atom is 0.319 e. The van der Waals surface area contributed by atoms with Crippen LogP contribution in [0.1, 0.15) is 14.8 Å². The summed E-state index contributed by atoms with van der Waals surface area (Å²) in [6.07, 6.45) is 0. The first-order chi connectivity index (χ1) is 13.0. The summed E-state index contributed by atoms with van der Waals surface area (Å²) in [5.41, 5.74) is 0.994. The standard InChI is InChI=1S/C17H13ClFN5O2S/c18-12-8-11(6-7-13(12)19)22-17(26)20-9-14-23-24-16(27-14)15(25)21-10-4-2-1-3-5-10/h1-8H,9H2,(H,21,25)(H2,20,22,26). The lowest BCUT2D eigenvalue weighted by atomic mass is 10.3. The highest BCUT2D eigenvalue weighted by Crippen LogP contribution is 2.19. The molecule has 1 aromatic heterocycles. The Hall–Kier alpha value is -3.04. The highest BCUT2D eigenvalue weighted by Gasteiger charge is 2.14. The second-order valence-corrected chi connectivity index (χ2v) is 6.73. The number of nitrogens with one attached hydrogen (secondary N) is 3. The number of amides is 3. The Balaban J connectivity index is 1.52. The van der Waals surface area contributed by atoms with Crippen LogP contribution in [-0.4, -0.2) is 22.1 Å². The third-order valence-corrected chi connectivity index (χ3v) is 4.48. The van der Waals surface area contributed by atoms with Gasteiger partial charge in [0.1, 0.15) is 10.8 Å². The number of nitrogens with zero attached hydrogens (tertiary/aromatic N) is 2. The molecular weight excluding hydrogens is 393 g/mol. The first-order valence-electron chi connectivity index (χ1n) is 7.70. The van der Waals surface area contributed by atoms with E-state index in [-0.39, 0.29) is 22.5 Å². The first kappa shape index (κ1) is 18.7. The van der Waals surface area contributed by atoms with Gasteiger partial charge in [-0.2, -0.15) is 0 Å². The van der Waals surface area contributed by atoms with Crippen molar-refractivity contribution < 1.29 is 14.0 Å². The number of aromatic nitrogens is 2. The van der Waals surface area contributed by atoms with Crippen molar-refractivity contribution in [2.75, 3.05) is 10.6 Å². The van der Waals surface area contributed by atoms with Crippen LogP contribution in [0.25, 0.3) is 0 Å². The molecule has 1 heterocycles. The average Bonchev–Trinajstić information content (AvgIpc) is 3.13. The van der Waals surface area contributed by atoms with Gasteiger partial charge in [0, 0.05) is 11.4 Å². The highest BCUT2D eigenvalue weighted by molar-refractivity contribution is 7.13. The van der Waals surface area contributed by atoms with E-state index in [9.17, 15) is 14.0 Å². The lowest BCUT2D eigenvalue weighted by Gasteiger charge is -2.06. The van der Waals surface area contributed by atoms with E-state index in [1.807, 2.05) is 6.07 Å². The molecule has 0 aliphatic heterocycles. The number of hydrogen-bond acceptors (Lipinski definition) is 5. The molecule has 10 heteroatoms. The maximum absolute atomic E-state index is 13.1. The lowest BCUT2D eigenvalue weighted by Crippen LogP contribution is -2.28. The van der Waals surface area contributed by atoms with Crippen molar-refractivity contribution in [3.63, 3.8) is 0 Å². The fraction of sp³-hybridized carbons (Fsp3) is 0.0588. The zero-order chi connectivity index (χ0) is 19.2. The van der Waals surface area contributed by atoms with Gasteiger partial charge in [-0.25, -0.2) is 9.18 Å². The van der Waals surface area contributed by atoms with Crippen molar-refractivity contribution in [1.82, 2.24) is 15.5 Å². The Morgan fingerprint density at radius 2 is 1.81 bits per heavy atom. The highest BCUT2D eigenvalue weighted by atomic mass is 35.5. The number of carbonyl (C=O) groups is 2. The summed E-state index contributed by atoms with van der Waals surface area (Å²) in [7, 11) is 0. The van der Waals surface area contributed by atoms with Gasteiger partial charge in [0.05, 0.1) is 11.6 Å². The number of halogens is 2. The summed E-state index contributed by atoms with van der Waals surface area (Å²) in [4.78, 5) is 24.0. The van der Waals surface area contributed by atoms with E-state index in [1.54, 1.807) is 24.3 Å². The van der Waals surface area contributed by atoms with Gasteiger partial charge in [0.15, 0.2) is 0 Å². The van der Waals surface area contributed by atoms with E-state index in [1.165, 1.54) is 12.1 Å². The monoisotopic (exact) mass is 405 g/mol. The maximum atomic E-state index is 13.1. The zero-order valence-electron chi connectivity index (χ0n) is 13.7. The number of anilines is 2. The van der Waals surface area contributed by atoms with Crippen LogP contribution >= 0.6 is 22.9 Å². The summed E-state index contributed by atoms with van der Waals surface area (Å²) in [6, 6.07) is 12.3. The van der Waals surface area contributed by atoms with Crippen molar-refractivity contribution in [3.8, 4) is 0 Å². The molecule has 3 amide bonds. The number of carbonyl (C=O) groups excluding carboxylic acids is 2. The Labute approximate surface area is 162 Å². The summed E-state index contributed by atoms with van der Waals surface area (Å²) < 4.78 is 13.1. The molecule has 138 valence electrons. The van der Waals surface area contributed by atoms with Crippen molar-refractivity contribution in [3.05, 3.63) is 69.4 Å². The molecule has 0 fully saturated rings. The molecule has 0 aliphatic carbocycles. The molecule has 3 rings (SSSR count). The normalized spacial score (nSPS) is 10.3. The number of para-hydroxylation sites is 1. The van der Waals surface area contributed by atoms with Crippen LogP contribution < -0.4 is 16.0 Å². The number of benzene rings is 2. The molecule has 3 aromatic rings. The van der Waals surface area contributed by atoms with Crippen molar-refractivity contribution in [2.24, 2.45) is 0 Å². The molecule has 7 nitrogen and oxygen atoms in total. The van der Waals surface area contributed by atoms with E-state index in [4.69, 9.17) is 11.6 Å². The van der Waals surface area contributed by atoms with E-state index >= 15 is 0 Å². The molecule has 27 heavy (non-hydrogen) atoms. The molecule has 0 bridgehead atoms. The SMILES string of the molecule is O=C(NCc1nnc(C(=O)Nc2ccccc2)s1)Nc1ccc(F)c(Cl)c1. The minimum Gasteiger partial charge on any atom is -0.331 e. The van der Waals surface area contributed by atoms with Crippen LogP contribution in [0.15, 0.2) is 48.5 Å². The molecule has 0 saturated carbocycles. The quantitative estimate of drug-likeness (QED) is 0.599. The van der Waals surface area contributed by atoms with Gasteiger partial charge in [-0.3, -0.25) is 4.79 Å². The van der Waals surface area contributed by atoms with Gasteiger partial charge in [-0.15, -0.1) is 10.2 Å². The molecule has 0 spiro atoms.